The third-order valence-electron chi connectivity index (χ3n) is 4.79. The number of carbonyl (C=O) groups excluding carboxylic acids is 1. The molecule has 1 amide bonds. The number of rotatable bonds is 3. The van der Waals surface area contributed by atoms with Crippen molar-refractivity contribution in [2.75, 3.05) is 44.2 Å². The van der Waals surface area contributed by atoms with E-state index < -0.39 is 0 Å². The van der Waals surface area contributed by atoms with Gasteiger partial charge in [-0.15, -0.1) is 11.3 Å². The monoisotopic (exact) mass is 358 g/mol. The molecule has 132 valence electrons. The summed E-state index contributed by atoms with van der Waals surface area (Å²) in [5.41, 5.74) is 0.593. The Labute approximate surface area is 151 Å². The molecule has 0 radical (unpaired) electrons. The van der Waals surface area contributed by atoms with Gasteiger partial charge in [-0.2, -0.15) is 0 Å². The fourth-order valence-corrected chi connectivity index (χ4v) is 4.29. The van der Waals surface area contributed by atoms with Gasteiger partial charge in [0.25, 0.3) is 5.91 Å². The molecule has 4 rings (SSSR count). The lowest BCUT2D eigenvalue weighted by atomic mass is 10.0. The normalized spacial score (nSPS) is 21.4. The molecule has 4 heterocycles. The average Bonchev–Trinajstić information content (AvgIpc) is 3.19. The largest absolute Gasteiger partial charge is 0.337 e. The summed E-state index contributed by atoms with van der Waals surface area (Å²) in [7, 11) is 0. The van der Waals surface area contributed by atoms with Crippen LogP contribution in [0.3, 0.4) is 0 Å². The summed E-state index contributed by atoms with van der Waals surface area (Å²) in [5.74, 6) is 1.22. The number of aromatic nitrogens is 3. The smallest absolute Gasteiger partial charge is 0.273 e. The zero-order chi connectivity index (χ0) is 17.1. The number of piperidine rings is 1. The molecule has 2 fully saturated rings. The minimum absolute atomic E-state index is 0.0416. The van der Waals surface area contributed by atoms with Gasteiger partial charge in [0, 0.05) is 56.4 Å². The molecule has 8 heteroatoms. The van der Waals surface area contributed by atoms with Crippen LogP contribution in [0.1, 0.15) is 34.3 Å². The van der Waals surface area contributed by atoms with Crippen LogP contribution in [0.15, 0.2) is 23.8 Å². The average molecular weight is 358 g/mol. The standard InChI is InChI=1S/C17H22N6OS/c24-16(14-12-25-15(21-14)13-3-1-4-18-11-13)22-7-9-23(10-8-22)17-19-5-2-6-20-17/h2,5-6,12-13,18H,1,3-4,7-11H2. The summed E-state index contributed by atoms with van der Waals surface area (Å²) in [6, 6.07) is 1.81. The van der Waals surface area contributed by atoms with Crippen LogP contribution in [-0.2, 0) is 0 Å². The predicted molar refractivity (Wildman–Crippen MR) is 97.1 cm³/mol. The van der Waals surface area contributed by atoms with E-state index in [4.69, 9.17) is 0 Å². The van der Waals surface area contributed by atoms with E-state index in [2.05, 4.69) is 25.2 Å². The highest BCUT2D eigenvalue weighted by Gasteiger charge is 2.26. The van der Waals surface area contributed by atoms with Gasteiger partial charge in [0.15, 0.2) is 0 Å². The van der Waals surface area contributed by atoms with Gasteiger partial charge in [0.2, 0.25) is 5.95 Å². The Kier molecular flexibility index (Phi) is 4.89. The summed E-state index contributed by atoms with van der Waals surface area (Å²) in [6.45, 7) is 4.91. The molecule has 2 aromatic heterocycles. The minimum atomic E-state index is 0.0416. The molecular weight excluding hydrogens is 336 g/mol. The van der Waals surface area contributed by atoms with Crippen molar-refractivity contribution in [2.24, 2.45) is 0 Å². The second kappa shape index (κ2) is 7.45. The fourth-order valence-electron chi connectivity index (χ4n) is 3.36. The Morgan fingerprint density at radius 1 is 1.20 bits per heavy atom. The van der Waals surface area contributed by atoms with Gasteiger partial charge < -0.3 is 15.1 Å². The number of nitrogens with one attached hydrogen (secondary N) is 1. The maximum atomic E-state index is 12.7. The SMILES string of the molecule is O=C(c1csc(C2CCCNC2)n1)N1CCN(c2ncccn2)CC1. The Morgan fingerprint density at radius 3 is 2.72 bits per heavy atom. The Morgan fingerprint density at radius 2 is 2.00 bits per heavy atom. The lowest BCUT2D eigenvalue weighted by Crippen LogP contribution is -2.49. The van der Waals surface area contributed by atoms with Gasteiger partial charge in [-0.3, -0.25) is 4.79 Å². The topological polar surface area (TPSA) is 74.2 Å². The van der Waals surface area contributed by atoms with E-state index in [9.17, 15) is 4.79 Å². The first-order valence-electron chi connectivity index (χ1n) is 8.78. The van der Waals surface area contributed by atoms with E-state index in [0.29, 0.717) is 24.7 Å². The molecular formula is C17H22N6OS. The highest BCUT2D eigenvalue weighted by molar-refractivity contribution is 7.09. The van der Waals surface area contributed by atoms with Crippen molar-refractivity contribution in [1.82, 2.24) is 25.2 Å². The molecule has 7 nitrogen and oxygen atoms in total. The third kappa shape index (κ3) is 3.64. The molecule has 1 N–H and O–H groups in total. The fraction of sp³-hybridized carbons (Fsp3) is 0.529. The molecule has 2 aliphatic heterocycles. The van der Waals surface area contributed by atoms with Crippen LogP contribution >= 0.6 is 11.3 Å². The van der Waals surface area contributed by atoms with Crippen LogP contribution in [0, 0.1) is 0 Å². The van der Waals surface area contributed by atoms with Crippen molar-refractivity contribution < 1.29 is 4.79 Å². The molecule has 2 saturated heterocycles. The summed E-state index contributed by atoms with van der Waals surface area (Å²) in [4.78, 5) is 29.9. The van der Waals surface area contributed by atoms with Gasteiger partial charge >= 0.3 is 0 Å². The highest BCUT2D eigenvalue weighted by atomic mass is 32.1. The second-order valence-electron chi connectivity index (χ2n) is 6.44. The van der Waals surface area contributed by atoms with E-state index in [0.717, 1.165) is 43.6 Å². The number of nitrogens with zero attached hydrogens (tertiary/aromatic N) is 5. The Hall–Kier alpha value is -2.06. The molecule has 0 aromatic carbocycles. The summed E-state index contributed by atoms with van der Waals surface area (Å²) < 4.78 is 0. The number of piperazine rings is 1. The number of anilines is 1. The first-order chi connectivity index (χ1) is 12.3. The summed E-state index contributed by atoms with van der Waals surface area (Å²) in [6.07, 6.45) is 5.83. The number of hydrogen-bond donors (Lipinski definition) is 1. The maximum absolute atomic E-state index is 12.7. The third-order valence-corrected chi connectivity index (χ3v) is 5.80. The summed E-state index contributed by atoms with van der Waals surface area (Å²) in [5, 5.41) is 6.41. The molecule has 2 aromatic rings. The predicted octanol–water partition coefficient (Wildman–Crippen LogP) is 1.36. The van der Waals surface area contributed by atoms with Gasteiger partial charge in [-0.05, 0) is 25.5 Å². The van der Waals surface area contributed by atoms with Crippen LogP contribution in [0.5, 0.6) is 0 Å². The van der Waals surface area contributed by atoms with Crippen molar-refractivity contribution in [1.29, 1.82) is 0 Å². The van der Waals surface area contributed by atoms with Crippen molar-refractivity contribution in [3.8, 4) is 0 Å². The quantitative estimate of drug-likeness (QED) is 0.893. The van der Waals surface area contributed by atoms with E-state index in [1.807, 2.05) is 16.3 Å². The van der Waals surface area contributed by atoms with Gasteiger partial charge in [0.05, 0.1) is 5.01 Å². The van der Waals surface area contributed by atoms with E-state index in [1.54, 1.807) is 23.7 Å². The van der Waals surface area contributed by atoms with Gasteiger partial charge in [-0.25, -0.2) is 15.0 Å². The first-order valence-corrected chi connectivity index (χ1v) is 9.66. The highest BCUT2D eigenvalue weighted by Crippen LogP contribution is 2.26. The summed E-state index contributed by atoms with van der Waals surface area (Å²) >= 11 is 1.62. The molecule has 0 aliphatic carbocycles. The zero-order valence-corrected chi connectivity index (χ0v) is 14.9. The molecule has 0 bridgehead atoms. The van der Waals surface area contributed by atoms with Gasteiger partial charge in [-0.1, -0.05) is 0 Å². The molecule has 0 saturated carbocycles. The van der Waals surface area contributed by atoms with Crippen LogP contribution in [-0.4, -0.2) is 65.0 Å². The van der Waals surface area contributed by atoms with Crippen LogP contribution < -0.4 is 10.2 Å². The van der Waals surface area contributed by atoms with Crippen molar-refractivity contribution in [3.63, 3.8) is 0 Å². The first kappa shape index (κ1) is 16.4. The lowest BCUT2D eigenvalue weighted by molar-refractivity contribution is 0.0741. The van der Waals surface area contributed by atoms with E-state index in [1.165, 1.54) is 6.42 Å². The lowest BCUT2D eigenvalue weighted by Gasteiger charge is -2.34. The van der Waals surface area contributed by atoms with Crippen LogP contribution in [0.2, 0.25) is 0 Å². The molecule has 1 atom stereocenters. The molecule has 1 unspecified atom stereocenters. The molecule has 0 spiro atoms. The number of thiazole rings is 1. The van der Waals surface area contributed by atoms with Crippen molar-refractivity contribution in [3.05, 3.63) is 34.5 Å². The van der Waals surface area contributed by atoms with Crippen LogP contribution in [0.4, 0.5) is 5.95 Å². The second-order valence-corrected chi connectivity index (χ2v) is 7.33. The number of carbonyl (C=O) groups is 1. The Balaban J connectivity index is 1.37. The minimum Gasteiger partial charge on any atom is -0.337 e. The van der Waals surface area contributed by atoms with Crippen molar-refractivity contribution >= 4 is 23.2 Å². The van der Waals surface area contributed by atoms with E-state index >= 15 is 0 Å². The molecule has 2 aliphatic rings. The Bertz CT molecular complexity index is 707. The number of amides is 1. The zero-order valence-electron chi connectivity index (χ0n) is 14.1. The molecule has 25 heavy (non-hydrogen) atoms. The number of hydrogen-bond acceptors (Lipinski definition) is 7. The van der Waals surface area contributed by atoms with Crippen LogP contribution in [0.25, 0.3) is 0 Å². The van der Waals surface area contributed by atoms with Gasteiger partial charge in [0.1, 0.15) is 5.69 Å². The maximum Gasteiger partial charge on any atom is 0.273 e. The van der Waals surface area contributed by atoms with E-state index in [-0.39, 0.29) is 5.91 Å². The van der Waals surface area contributed by atoms with Crippen molar-refractivity contribution in [2.45, 2.75) is 18.8 Å².